The maximum atomic E-state index is 11.0. The Morgan fingerprint density at radius 2 is 1.71 bits per heavy atom. The summed E-state index contributed by atoms with van der Waals surface area (Å²) in [5.41, 5.74) is 0. The Morgan fingerprint density at radius 3 is 2.14 bits per heavy atom. The third-order valence-corrected chi connectivity index (χ3v) is 2.41. The number of rotatable bonds is 2. The molecular formula is C7H5KO5S. The zero-order valence-corrected chi connectivity index (χ0v) is 11.3. The first-order valence-corrected chi connectivity index (χ1v) is 4.64. The molecular weight excluding hydrogens is 235 g/mol. The second kappa shape index (κ2) is 5.84. The molecule has 5 nitrogen and oxygen atoms in total. The van der Waals surface area contributed by atoms with Gasteiger partial charge in [0, 0.05) is 0 Å². The minimum Gasteiger partial charge on any atom is -0.434 e. The molecule has 1 aromatic rings. The molecule has 0 saturated heterocycles. The fourth-order valence-electron chi connectivity index (χ4n) is 0.725. The second-order valence-corrected chi connectivity index (χ2v) is 3.65. The van der Waals surface area contributed by atoms with Crippen molar-refractivity contribution in [1.29, 1.82) is 0 Å². The first kappa shape index (κ1) is 14.1. The van der Waals surface area contributed by atoms with Crippen molar-refractivity contribution in [3.63, 3.8) is 0 Å². The summed E-state index contributed by atoms with van der Waals surface area (Å²) in [4.78, 5) is 9.65. The number of hydrogen-bond donors (Lipinski definition) is 0. The van der Waals surface area contributed by atoms with Crippen LogP contribution in [0.5, 0.6) is 0 Å². The van der Waals surface area contributed by atoms with Crippen LogP contribution in [-0.4, -0.2) is 14.6 Å². The van der Waals surface area contributed by atoms with Gasteiger partial charge in [-0.25, -0.2) is 8.42 Å². The molecule has 7 heteroatoms. The summed E-state index contributed by atoms with van der Waals surface area (Å²) < 4.78 is 25.6. The van der Waals surface area contributed by atoms with Crippen LogP contribution in [0, 0.1) is 0 Å². The van der Waals surface area contributed by atoms with Gasteiger partial charge in [0.05, 0.1) is 4.90 Å². The van der Waals surface area contributed by atoms with Gasteiger partial charge in [-0.15, -0.1) is 0 Å². The summed E-state index contributed by atoms with van der Waals surface area (Å²) >= 11 is 0. The molecule has 0 atom stereocenters. The molecule has 0 aliphatic heterocycles. The van der Waals surface area contributed by atoms with Gasteiger partial charge in [-0.3, -0.25) is 0 Å². The SMILES string of the molecule is O=C([O-])OS(=O)(=O)c1ccccc1.[K+]. The second-order valence-electron chi connectivity index (χ2n) is 2.10. The van der Waals surface area contributed by atoms with Crippen molar-refractivity contribution in [2.75, 3.05) is 0 Å². The van der Waals surface area contributed by atoms with E-state index in [9.17, 15) is 18.3 Å². The van der Waals surface area contributed by atoms with Crippen LogP contribution >= 0.6 is 0 Å². The van der Waals surface area contributed by atoms with Gasteiger partial charge in [-0.05, 0) is 12.1 Å². The minimum atomic E-state index is -4.22. The third-order valence-electron chi connectivity index (χ3n) is 1.21. The van der Waals surface area contributed by atoms with Crippen molar-refractivity contribution in [1.82, 2.24) is 0 Å². The quantitative estimate of drug-likeness (QED) is 0.400. The Bertz CT molecular complexity index is 399. The number of carboxylic acid groups (broad SMARTS) is 1. The number of hydrogen-bond acceptors (Lipinski definition) is 5. The van der Waals surface area contributed by atoms with Gasteiger partial charge in [-0.1, -0.05) is 18.2 Å². The summed E-state index contributed by atoms with van der Waals surface area (Å²) in [6.07, 6.45) is -2.09. The van der Waals surface area contributed by atoms with E-state index in [0.29, 0.717) is 0 Å². The van der Waals surface area contributed by atoms with Crippen molar-refractivity contribution in [2.24, 2.45) is 0 Å². The Balaban J connectivity index is 0.00000169. The fourth-order valence-corrected chi connectivity index (χ4v) is 1.49. The van der Waals surface area contributed by atoms with Crippen LogP contribution < -0.4 is 56.5 Å². The molecule has 1 aromatic carbocycles. The summed E-state index contributed by atoms with van der Waals surface area (Å²) in [6.45, 7) is 0. The predicted octanol–water partition coefficient (Wildman–Crippen LogP) is -3.26. The number of carbonyl (C=O) groups excluding carboxylic acids is 1. The molecule has 0 aliphatic carbocycles. The van der Waals surface area contributed by atoms with Crippen LogP contribution in [0.4, 0.5) is 4.79 Å². The molecule has 0 bridgehead atoms. The summed E-state index contributed by atoms with van der Waals surface area (Å²) in [5.74, 6) is 0. The fraction of sp³-hybridized carbons (Fsp3) is 0. The maximum Gasteiger partial charge on any atom is 1.00 e. The molecule has 0 N–H and O–H groups in total. The van der Waals surface area contributed by atoms with Gasteiger partial charge >= 0.3 is 51.4 Å². The Labute approximate surface area is 124 Å². The van der Waals surface area contributed by atoms with Gasteiger partial charge in [-0.2, -0.15) is 0 Å². The van der Waals surface area contributed by atoms with E-state index in [1.165, 1.54) is 24.3 Å². The third kappa shape index (κ3) is 4.07. The number of carbonyl (C=O) groups is 1. The molecule has 0 radical (unpaired) electrons. The zero-order valence-electron chi connectivity index (χ0n) is 7.34. The first-order chi connectivity index (χ1) is 6.02. The Kier molecular flexibility index (Phi) is 5.87. The minimum absolute atomic E-state index is 0. The van der Waals surface area contributed by atoms with Gasteiger partial charge < -0.3 is 14.1 Å². The first-order valence-electron chi connectivity index (χ1n) is 3.23. The molecule has 0 aliphatic rings. The van der Waals surface area contributed by atoms with Crippen molar-refractivity contribution in [3.8, 4) is 0 Å². The normalized spacial score (nSPS) is 10.0. The molecule has 0 fully saturated rings. The molecule has 14 heavy (non-hydrogen) atoms. The molecule has 0 amide bonds. The monoisotopic (exact) mass is 240 g/mol. The summed E-state index contributed by atoms with van der Waals surface area (Å²) in [5, 5.41) is 9.88. The van der Waals surface area contributed by atoms with E-state index >= 15 is 0 Å². The van der Waals surface area contributed by atoms with Crippen LogP contribution in [0.25, 0.3) is 0 Å². The van der Waals surface area contributed by atoms with Crippen molar-refractivity contribution in [2.45, 2.75) is 4.90 Å². The van der Waals surface area contributed by atoms with Crippen LogP contribution in [0.2, 0.25) is 0 Å². The van der Waals surface area contributed by atoms with E-state index in [1.807, 2.05) is 0 Å². The molecule has 0 spiro atoms. The van der Waals surface area contributed by atoms with Crippen LogP contribution in [0.15, 0.2) is 35.2 Å². The predicted molar refractivity (Wildman–Crippen MR) is 40.1 cm³/mol. The summed E-state index contributed by atoms with van der Waals surface area (Å²) in [6, 6.07) is 6.94. The van der Waals surface area contributed by atoms with E-state index in [1.54, 1.807) is 6.07 Å². The number of benzene rings is 1. The molecule has 0 saturated carbocycles. The van der Waals surface area contributed by atoms with E-state index in [-0.39, 0.29) is 56.3 Å². The average molecular weight is 240 g/mol. The standard InChI is InChI=1S/C7H6O5S.K/c8-7(9)12-13(10,11)6-4-2-1-3-5-6;/h1-5H,(H,8,9);/q;+1/p-1. The molecule has 70 valence electrons. The van der Waals surface area contributed by atoms with E-state index in [0.717, 1.165) is 0 Å². The van der Waals surface area contributed by atoms with Crippen LogP contribution in [0.1, 0.15) is 0 Å². The van der Waals surface area contributed by atoms with Crippen molar-refractivity contribution in [3.05, 3.63) is 30.3 Å². The smallest absolute Gasteiger partial charge is 0.434 e. The molecule has 1 rings (SSSR count). The average Bonchev–Trinajstić information content (AvgIpc) is 2.04. The Morgan fingerprint density at radius 1 is 1.21 bits per heavy atom. The zero-order chi connectivity index (χ0) is 9.90. The van der Waals surface area contributed by atoms with Gasteiger partial charge in [0.25, 0.3) is 16.3 Å². The van der Waals surface area contributed by atoms with E-state index < -0.39 is 16.3 Å². The topological polar surface area (TPSA) is 83.5 Å². The van der Waals surface area contributed by atoms with Crippen LogP contribution in [0.3, 0.4) is 0 Å². The van der Waals surface area contributed by atoms with Gasteiger partial charge in [0.1, 0.15) is 0 Å². The van der Waals surface area contributed by atoms with Gasteiger partial charge in [0.2, 0.25) is 0 Å². The maximum absolute atomic E-state index is 11.0. The van der Waals surface area contributed by atoms with E-state index in [4.69, 9.17) is 0 Å². The molecule has 0 unspecified atom stereocenters. The largest absolute Gasteiger partial charge is 1.00 e. The van der Waals surface area contributed by atoms with Gasteiger partial charge in [0.15, 0.2) is 0 Å². The van der Waals surface area contributed by atoms with Crippen molar-refractivity contribution >= 4 is 16.3 Å². The summed E-state index contributed by atoms with van der Waals surface area (Å²) in [7, 11) is -4.22. The molecule has 0 aromatic heterocycles. The van der Waals surface area contributed by atoms with Crippen LogP contribution in [-0.2, 0) is 14.3 Å². The van der Waals surface area contributed by atoms with E-state index in [2.05, 4.69) is 4.18 Å². The Hall–Kier alpha value is 0.0764. The molecule has 0 heterocycles. The van der Waals surface area contributed by atoms with Crippen molar-refractivity contribution < 1.29 is 73.9 Å².